The predicted octanol–water partition coefficient (Wildman–Crippen LogP) is 4.16. The van der Waals surface area contributed by atoms with Gasteiger partial charge in [0, 0.05) is 23.5 Å². The molecule has 0 spiro atoms. The number of rotatable bonds is 2. The van der Waals surface area contributed by atoms with Gasteiger partial charge in [0.05, 0.1) is 17.0 Å². The second-order valence-electron chi connectivity index (χ2n) is 4.48. The van der Waals surface area contributed by atoms with Crippen molar-refractivity contribution in [3.63, 3.8) is 0 Å². The van der Waals surface area contributed by atoms with Crippen LogP contribution >= 0.6 is 0 Å². The monoisotopic (exact) mass is 289 g/mol. The van der Waals surface area contributed by atoms with Gasteiger partial charge in [0.25, 0.3) is 0 Å². The molecule has 0 aliphatic carbocycles. The van der Waals surface area contributed by atoms with E-state index in [2.05, 4.69) is 15.2 Å². The number of aromatic amines is 1. The Morgan fingerprint density at radius 3 is 2.38 bits per heavy atom. The van der Waals surface area contributed by atoms with Crippen molar-refractivity contribution in [2.75, 3.05) is 0 Å². The number of hydrogen-bond donors (Lipinski definition) is 1. The number of nitrogens with zero attached hydrogens (tertiary/aromatic N) is 2. The van der Waals surface area contributed by atoms with Crippen molar-refractivity contribution >= 4 is 0 Å². The molecule has 2 heterocycles. The van der Waals surface area contributed by atoms with Crippen LogP contribution in [-0.4, -0.2) is 15.2 Å². The Balaban J connectivity index is 1.96. The first kappa shape index (κ1) is 13.4. The van der Waals surface area contributed by atoms with Crippen LogP contribution in [0.4, 0.5) is 13.2 Å². The number of pyridine rings is 1. The van der Waals surface area contributed by atoms with Crippen molar-refractivity contribution in [2.45, 2.75) is 6.18 Å². The number of halogens is 3. The van der Waals surface area contributed by atoms with Crippen molar-refractivity contribution in [1.29, 1.82) is 0 Å². The molecule has 0 aliphatic heterocycles. The molecule has 0 aliphatic rings. The summed E-state index contributed by atoms with van der Waals surface area (Å²) >= 11 is 0. The third-order valence-electron chi connectivity index (χ3n) is 3.06. The van der Waals surface area contributed by atoms with Crippen LogP contribution in [0.5, 0.6) is 0 Å². The SMILES string of the molecule is FC(F)(F)c1ccc(-c2cccc(-c3ccn[nH]3)c2)nc1. The fourth-order valence-corrected chi connectivity index (χ4v) is 2.00. The third kappa shape index (κ3) is 2.79. The molecular weight excluding hydrogens is 279 g/mol. The molecule has 0 amide bonds. The van der Waals surface area contributed by atoms with Crippen LogP contribution in [0.15, 0.2) is 54.9 Å². The highest BCUT2D eigenvalue weighted by Crippen LogP contribution is 2.30. The maximum absolute atomic E-state index is 12.5. The van der Waals surface area contributed by atoms with E-state index in [1.165, 1.54) is 6.07 Å². The van der Waals surface area contributed by atoms with Crippen LogP contribution in [0.2, 0.25) is 0 Å². The standard InChI is InChI=1S/C15H10F3N3/c16-15(17,18)12-4-5-13(19-9-12)10-2-1-3-11(8-10)14-6-7-20-21-14/h1-9H,(H,20,21). The molecule has 0 fully saturated rings. The fraction of sp³-hybridized carbons (Fsp3) is 0.0667. The summed E-state index contributed by atoms with van der Waals surface area (Å²) < 4.78 is 37.6. The Morgan fingerprint density at radius 2 is 1.76 bits per heavy atom. The average Bonchev–Trinajstić information content (AvgIpc) is 3.01. The van der Waals surface area contributed by atoms with Gasteiger partial charge in [0.2, 0.25) is 0 Å². The maximum Gasteiger partial charge on any atom is 0.417 e. The molecule has 3 rings (SSSR count). The number of hydrogen-bond acceptors (Lipinski definition) is 2. The maximum atomic E-state index is 12.5. The highest BCUT2D eigenvalue weighted by Gasteiger charge is 2.30. The molecule has 3 aromatic rings. The van der Waals surface area contributed by atoms with Gasteiger partial charge in [-0.2, -0.15) is 18.3 Å². The zero-order valence-electron chi connectivity index (χ0n) is 10.7. The summed E-state index contributed by atoms with van der Waals surface area (Å²) in [6, 6.07) is 11.6. The number of alkyl halides is 3. The molecule has 0 atom stereocenters. The van der Waals surface area contributed by atoms with Crippen molar-refractivity contribution in [1.82, 2.24) is 15.2 Å². The molecule has 6 heteroatoms. The number of H-pyrrole nitrogens is 1. The van der Waals surface area contributed by atoms with Gasteiger partial charge in [-0.1, -0.05) is 18.2 Å². The van der Waals surface area contributed by atoms with E-state index in [0.717, 1.165) is 29.1 Å². The van der Waals surface area contributed by atoms with Gasteiger partial charge in [-0.05, 0) is 24.3 Å². The van der Waals surface area contributed by atoms with Gasteiger partial charge >= 0.3 is 6.18 Å². The molecule has 0 saturated heterocycles. The summed E-state index contributed by atoms with van der Waals surface area (Å²) in [7, 11) is 0. The molecule has 0 unspecified atom stereocenters. The Kier molecular flexibility index (Phi) is 3.21. The smallest absolute Gasteiger partial charge is 0.278 e. The van der Waals surface area contributed by atoms with E-state index >= 15 is 0 Å². The minimum absolute atomic E-state index is 0.490. The van der Waals surface area contributed by atoms with Gasteiger partial charge in [0.1, 0.15) is 0 Å². The molecule has 1 aromatic carbocycles. The first-order valence-electron chi connectivity index (χ1n) is 6.17. The minimum atomic E-state index is -4.37. The van der Waals surface area contributed by atoms with Crippen LogP contribution in [-0.2, 0) is 6.18 Å². The summed E-state index contributed by atoms with van der Waals surface area (Å²) in [5, 5.41) is 6.72. The topological polar surface area (TPSA) is 41.6 Å². The summed E-state index contributed by atoms with van der Waals surface area (Å²) in [5.74, 6) is 0. The second-order valence-corrected chi connectivity index (χ2v) is 4.48. The number of aromatic nitrogens is 3. The fourth-order valence-electron chi connectivity index (χ4n) is 2.00. The van der Waals surface area contributed by atoms with Crippen LogP contribution < -0.4 is 0 Å². The van der Waals surface area contributed by atoms with E-state index in [1.807, 2.05) is 24.3 Å². The van der Waals surface area contributed by atoms with Crippen molar-refractivity contribution in [3.05, 3.63) is 60.4 Å². The summed E-state index contributed by atoms with van der Waals surface area (Å²) in [4.78, 5) is 3.89. The van der Waals surface area contributed by atoms with Crippen molar-refractivity contribution in [3.8, 4) is 22.5 Å². The lowest BCUT2D eigenvalue weighted by atomic mass is 10.1. The molecular formula is C15H10F3N3. The first-order chi connectivity index (χ1) is 10.0. The molecule has 106 valence electrons. The summed E-state index contributed by atoms with van der Waals surface area (Å²) in [5.41, 5.74) is 2.21. The van der Waals surface area contributed by atoms with E-state index in [-0.39, 0.29) is 0 Å². The van der Waals surface area contributed by atoms with Gasteiger partial charge in [0.15, 0.2) is 0 Å². The van der Waals surface area contributed by atoms with E-state index in [4.69, 9.17) is 0 Å². The van der Waals surface area contributed by atoms with Crippen molar-refractivity contribution < 1.29 is 13.2 Å². The molecule has 1 N–H and O–H groups in total. The zero-order chi connectivity index (χ0) is 14.9. The molecule has 2 aromatic heterocycles. The van der Waals surface area contributed by atoms with E-state index in [0.29, 0.717) is 5.69 Å². The van der Waals surface area contributed by atoms with Gasteiger partial charge in [-0.15, -0.1) is 0 Å². The minimum Gasteiger partial charge on any atom is -0.278 e. The lowest BCUT2D eigenvalue weighted by Gasteiger charge is -2.07. The van der Waals surface area contributed by atoms with E-state index in [1.54, 1.807) is 12.3 Å². The van der Waals surface area contributed by atoms with E-state index < -0.39 is 11.7 Å². The van der Waals surface area contributed by atoms with Crippen LogP contribution in [0.25, 0.3) is 22.5 Å². The largest absolute Gasteiger partial charge is 0.417 e. The lowest BCUT2D eigenvalue weighted by Crippen LogP contribution is -2.05. The highest BCUT2D eigenvalue weighted by molar-refractivity contribution is 5.69. The van der Waals surface area contributed by atoms with Crippen LogP contribution in [0.1, 0.15) is 5.56 Å². The van der Waals surface area contributed by atoms with Gasteiger partial charge < -0.3 is 0 Å². The summed E-state index contributed by atoms with van der Waals surface area (Å²) in [6.07, 6.45) is -1.89. The average molecular weight is 289 g/mol. The lowest BCUT2D eigenvalue weighted by molar-refractivity contribution is -0.137. The van der Waals surface area contributed by atoms with Crippen molar-refractivity contribution in [2.24, 2.45) is 0 Å². The third-order valence-corrected chi connectivity index (χ3v) is 3.06. The van der Waals surface area contributed by atoms with Gasteiger partial charge in [-0.25, -0.2) is 0 Å². The molecule has 21 heavy (non-hydrogen) atoms. The molecule has 3 nitrogen and oxygen atoms in total. The Morgan fingerprint density at radius 1 is 0.952 bits per heavy atom. The first-order valence-corrected chi connectivity index (χ1v) is 6.17. The Hall–Kier alpha value is -2.63. The number of benzene rings is 1. The van der Waals surface area contributed by atoms with Crippen LogP contribution in [0, 0.1) is 0 Å². The molecule has 0 saturated carbocycles. The normalized spacial score (nSPS) is 11.6. The number of nitrogens with one attached hydrogen (secondary N) is 1. The molecule has 0 bridgehead atoms. The predicted molar refractivity (Wildman–Crippen MR) is 72.3 cm³/mol. The van der Waals surface area contributed by atoms with Gasteiger partial charge in [-0.3, -0.25) is 10.1 Å². The van der Waals surface area contributed by atoms with E-state index in [9.17, 15) is 13.2 Å². The quantitative estimate of drug-likeness (QED) is 0.769. The highest BCUT2D eigenvalue weighted by atomic mass is 19.4. The Bertz CT molecular complexity index is 732. The Labute approximate surface area is 118 Å². The molecule has 0 radical (unpaired) electrons. The summed E-state index contributed by atoms with van der Waals surface area (Å²) in [6.45, 7) is 0. The second kappa shape index (κ2) is 5.05. The zero-order valence-corrected chi connectivity index (χ0v) is 10.7. The van der Waals surface area contributed by atoms with Crippen LogP contribution in [0.3, 0.4) is 0 Å².